The van der Waals surface area contributed by atoms with Crippen LogP contribution in [-0.2, 0) is 14.8 Å². The molecule has 1 unspecified atom stereocenters. The standard InChI is InChI=1S/C12H10N4O4S2/c1-16(18)7-8(11-9(2-5-21-11)22(16,19)20)12(17)15-10-6-13-3-4-14-10/h2-7,18H,1H3/p+1. The summed E-state index contributed by atoms with van der Waals surface area (Å²) in [5, 5.41) is 14.2. The lowest BCUT2D eigenvalue weighted by Gasteiger charge is -2.25. The van der Waals surface area contributed by atoms with Crippen molar-refractivity contribution in [1.29, 1.82) is 0 Å². The highest BCUT2D eigenvalue weighted by Crippen LogP contribution is 2.38. The van der Waals surface area contributed by atoms with Crippen molar-refractivity contribution in [2.45, 2.75) is 4.90 Å². The number of thiophene rings is 1. The van der Waals surface area contributed by atoms with Crippen molar-refractivity contribution in [3.8, 4) is 0 Å². The number of nitrogens with zero attached hydrogens (tertiary/aromatic N) is 3. The van der Waals surface area contributed by atoms with Crippen LogP contribution in [0.4, 0.5) is 5.82 Å². The second-order valence-corrected chi connectivity index (χ2v) is 7.67. The lowest BCUT2D eigenvalue weighted by molar-refractivity contribution is -0.941. The Balaban J connectivity index is 2.04. The van der Waals surface area contributed by atoms with Crippen molar-refractivity contribution in [3.05, 3.63) is 41.1 Å². The average Bonchev–Trinajstić information content (AvgIpc) is 2.94. The predicted octanol–water partition coefficient (Wildman–Crippen LogP) is 1.06. The van der Waals surface area contributed by atoms with E-state index in [0.29, 0.717) is 0 Å². The Morgan fingerprint density at radius 1 is 1.41 bits per heavy atom. The second-order valence-electron chi connectivity index (χ2n) is 4.62. The van der Waals surface area contributed by atoms with Crippen LogP contribution in [0.25, 0.3) is 5.57 Å². The molecule has 0 fully saturated rings. The lowest BCUT2D eigenvalue weighted by atomic mass is 10.2. The molecule has 0 aliphatic carbocycles. The maximum absolute atomic E-state index is 12.4. The second kappa shape index (κ2) is 4.95. The zero-order valence-electron chi connectivity index (χ0n) is 11.3. The summed E-state index contributed by atoms with van der Waals surface area (Å²) in [6.45, 7) is 0. The fraction of sp³-hybridized carbons (Fsp3) is 0.0833. The number of rotatable bonds is 2. The van der Waals surface area contributed by atoms with E-state index in [4.69, 9.17) is 0 Å². The van der Waals surface area contributed by atoms with Gasteiger partial charge in [0, 0.05) is 12.4 Å². The summed E-state index contributed by atoms with van der Waals surface area (Å²) >= 11 is 1.11. The lowest BCUT2D eigenvalue weighted by Crippen LogP contribution is -2.44. The number of anilines is 1. The van der Waals surface area contributed by atoms with E-state index < -0.39 is 20.0 Å². The van der Waals surface area contributed by atoms with Gasteiger partial charge in [0.15, 0.2) is 12.0 Å². The van der Waals surface area contributed by atoms with Crippen LogP contribution in [0.1, 0.15) is 4.88 Å². The molecule has 8 nitrogen and oxygen atoms in total. The quantitative estimate of drug-likeness (QED) is 0.792. The fourth-order valence-electron chi connectivity index (χ4n) is 1.97. The number of nitrogens with one attached hydrogen (secondary N) is 1. The van der Waals surface area contributed by atoms with Gasteiger partial charge in [-0.2, -0.15) is 13.6 Å². The first-order valence-electron chi connectivity index (χ1n) is 6.05. The number of hydrogen-bond donors (Lipinski definition) is 2. The molecule has 2 aromatic rings. The van der Waals surface area contributed by atoms with E-state index in [1.165, 1.54) is 24.7 Å². The molecule has 0 bridgehead atoms. The van der Waals surface area contributed by atoms with Crippen LogP contribution in [0.15, 0.2) is 41.1 Å². The molecular weight excluding hydrogens is 328 g/mol. The van der Waals surface area contributed by atoms with Gasteiger partial charge in [0.2, 0.25) is 0 Å². The number of carbonyl (C=O) groups excluding carboxylic acids is 1. The summed E-state index contributed by atoms with van der Waals surface area (Å²) in [5.74, 6) is -0.343. The Bertz CT molecular complexity index is 872. The van der Waals surface area contributed by atoms with Crippen LogP contribution < -0.4 is 5.32 Å². The molecule has 0 spiro atoms. The number of aromatic nitrogens is 2. The third-order valence-corrected chi connectivity index (χ3v) is 6.11. The zero-order valence-corrected chi connectivity index (χ0v) is 12.9. The minimum atomic E-state index is -4.00. The summed E-state index contributed by atoms with van der Waals surface area (Å²) in [7, 11) is -2.92. The van der Waals surface area contributed by atoms with Gasteiger partial charge >= 0.3 is 10.0 Å². The highest BCUT2D eigenvalue weighted by Gasteiger charge is 2.46. The minimum absolute atomic E-state index is 0.0653. The third-order valence-electron chi connectivity index (χ3n) is 3.06. The Hall–Kier alpha value is -2.14. The highest BCUT2D eigenvalue weighted by atomic mass is 32.2. The van der Waals surface area contributed by atoms with Gasteiger partial charge in [0.1, 0.15) is 17.5 Å². The molecule has 114 valence electrons. The van der Waals surface area contributed by atoms with Crippen molar-refractivity contribution in [2.75, 3.05) is 12.4 Å². The van der Waals surface area contributed by atoms with Gasteiger partial charge in [-0.3, -0.25) is 9.78 Å². The molecular formula is C12H11N4O4S2+. The van der Waals surface area contributed by atoms with Crippen LogP contribution in [0, 0.1) is 0 Å². The van der Waals surface area contributed by atoms with Crippen molar-refractivity contribution < 1.29 is 22.5 Å². The van der Waals surface area contributed by atoms with E-state index in [0.717, 1.165) is 24.6 Å². The van der Waals surface area contributed by atoms with Crippen LogP contribution >= 0.6 is 11.3 Å². The minimum Gasteiger partial charge on any atom is -0.305 e. The average molecular weight is 339 g/mol. The van der Waals surface area contributed by atoms with E-state index in [1.54, 1.807) is 5.38 Å². The largest absolute Gasteiger partial charge is 0.362 e. The monoisotopic (exact) mass is 339 g/mol. The van der Waals surface area contributed by atoms with E-state index in [9.17, 15) is 18.4 Å². The Kier molecular flexibility index (Phi) is 3.33. The van der Waals surface area contributed by atoms with E-state index in [-0.39, 0.29) is 21.2 Å². The van der Waals surface area contributed by atoms with Crippen LogP contribution in [-0.4, -0.2) is 40.6 Å². The smallest absolute Gasteiger partial charge is 0.305 e. The topological polar surface area (TPSA) is 109 Å². The van der Waals surface area contributed by atoms with E-state index in [1.807, 2.05) is 0 Å². The summed E-state index contributed by atoms with van der Waals surface area (Å²) in [6.07, 6.45) is 5.22. The molecule has 3 rings (SSSR count). The van der Waals surface area contributed by atoms with Crippen LogP contribution in [0.2, 0.25) is 0 Å². The molecule has 22 heavy (non-hydrogen) atoms. The molecule has 1 aliphatic rings. The summed E-state index contributed by atoms with van der Waals surface area (Å²) in [5.41, 5.74) is 0.0653. The van der Waals surface area contributed by atoms with Crippen molar-refractivity contribution in [2.24, 2.45) is 0 Å². The number of sulfonamides is 1. The Morgan fingerprint density at radius 3 is 2.86 bits per heavy atom. The first kappa shape index (κ1) is 14.8. The van der Waals surface area contributed by atoms with Gasteiger partial charge in [-0.15, -0.1) is 11.3 Å². The first-order valence-corrected chi connectivity index (χ1v) is 8.37. The molecule has 1 atom stereocenters. The fourth-order valence-corrected chi connectivity index (χ4v) is 4.54. The maximum atomic E-state index is 12.4. The molecule has 2 N–H and O–H groups in total. The van der Waals surface area contributed by atoms with Gasteiger partial charge in [-0.1, -0.05) is 4.05 Å². The molecule has 3 heterocycles. The van der Waals surface area contributed by atoms with Gasteiger partial charge in [-0.25, -0.2) is 4.98 Å². The molecule has 0 radical (unpaired) electrons. The molecule has 0 aromatic carbocycles. The van der Waals surface area contributed by atoms with Gasteiger partial charge in [0.25, 0.3) is 5.91 Å². The molecule has 0 saturated carbocycles. The number of carbonyl (C=O) groups is 1. The normalized spacial score (nSPS) is 22.5. The van der Waals surface area contributed by atoms with Crippen LogP contribution in [0.5, 0.6) is 0 Å². The third kappa shape index (κ3) is 2.22. The van der Waals surface area contributed by atoms with Gasteiger partial charge in [0.05, 0.1) is 11.1 Å². The molecule has 10 heteroatoms. The highest BCUT2D eigenvalue weighted by molar-refractivity contribution is 7.86. The van der Waals surface area contributed by atoms with Gasteiger partial charge < -0.3 is 5.32 Å². The Morgan fingerprint density at radius 2 is 2.18 bits per heavy atom. The molecule has 1 aliphatic heterocycles. The van der Waals surface area contributed by atoms with Crippen molar-refractivity contribution in [1.82, 2.24) is 9.97 Å². The zero-order chi connectivity index (χ0) is 16.0. The SMILES string of the molecule is C[N+]1(O)C=C(C(=O)Nc2cnccn2)c2sccc2S1(=O)=O. The van der Waals surface area contributed by atoms with Crippen molar-refractivity contribution in [3.63, 3.8) is 0 Å². The number of fused-ring (bicyclic) bond motifs is 1. The molecule has 1 amide bonds. The number of hydrogen-bond acceptors (Lipinski definition) is 7. The summed E-state index contributed by atoms with van der Waals surface area (Å²) in [6, 6.07) is 1.37. The van der Waals surface area contributed by atoms with E-state index >= 15 is 0 Å². The molecule has 2 aromatic heterocycles. The maximum Gasteiger partial charge on any atom is 0.362 e. The van der Waals surface area contributed by atoms with Gasteiger partial charge in [-0.05, 0) is 11.4 Å². The van der Waals surface area contributed by atoms with E-state index in [2.05, 4.69) is 15.3 Å². The summed E-state index contributed by atoms with van der Waals surface area (Å²) in [4.78, 5) is 20.3. The summed E-state index contributed by atoms with van der Waals surface area (Å²) < 4.78 is 23.1. The van der Waals surface area contributed by atoms with Crippen LogP contribution in [0.3, 0.4) is 0 Å². The Labute approximate surface area is 130 Å². The first-order chi connectivity index (χ1) is 10.3. The predicted molar refractivity (Wildman–Crippen MR) is 78.1 cm³/mol. The molecule has 0 saturated heterocycles. The number of hydroxylamine groups is 2. The number of amides is 1. The van der Waals surface area contributed by atoms with Crippen molar-refractivity contribution >= 4 is 38.7 Å². The number of quaternary nitrogens is 1.